The second-order valence-electron chi connectivity index (χ2n) is 10.2. The Labute approximate surface area is 203 Å². The molecule has 3 heteroatoms. The Balaban J connectivity index is 0. The highest BCUT2D eigenvalue weighted by Gasteiger charge is 2.20. The van der Waals surface area contributed by atoms with E-state index in [9.17, 15) is 9.90 Å². The van der Waals surface area contributed by atoms with Crippen molar-refractivity contribution < 1.29 is 14.4 Å². The number of nitrogens with zero attached hydrogens (tertiary/aromatic N) is 1. The second kappa shape index (κ2) is 26.7. The van der Waals surface area contributed by atoms with Crippen LogP contribution < -0.4 is 5.11 Å². The van der Waals surface area contributed by atoms with Crippen molar-refractivity contribution in [1.82, 2.24) is 0 Å². The molecule has 0 fully saturated rings. The number of rotatable bonds is 23. The predicted molar refractivity (Wildman–Crippen MR) is 141 cm³/mol. The van der Waals surface area contributed by atoms with Crippen molar-refractivity contribution in [2.24, 2.45) is 0 Å². The third kappa shape index (κ3) is 27.5. The number of carboxylic acids is 1. The van der Waals surface area contributed by atoms with Crippen LogP contribution in [-0.4, -0.2) is 37.1 Å². The summed E-state index contributed by atoms with van der Waals surface area (Å²) >= 11 is 0. The quantitative estimate of drug-likeness (QED) is 0.115. The van der Waals surface area contributed by atoms with Crippen molar-refractivity contribution in [3.8, 4) is 0 Å². The van der Waals surface area contributed by atoms with Crippen molar-refractivity contribution in [3.63, 3.8) is 0 Å². The SMILES string of the molecule is CCCC(=O)[O-].CCCCCCCC[N+](C)(CCCCCCCC)CCCCCCCC. The summed E-state index contributed by atoms with van der Waals surface area (Å²) in [5.74, 6) is -0.961. The standard InChI is InChI=1S/C25H54N.C4H8O2/c1-5-8-11-14-17-20-23-26(4,24-21-18-15-12-9-6-2)25-22-19-16-13-10-7-3;1-2-3-4(5)6/h5-25H2,1-4H3;2-3H2,1H3,(H,5,6)/q+1;/p-1. The highest BCUT2D eigenvalue weighted by Crippen LogP contribution is 2.16. The van der Waals surface area contributed by atoms with Gasteiger partial charge in [0.1, 0.15) is 0 Å². The van der Waals surface area contributed by atoms with Gasteiger partial charge in [-0.25, -0.2) is 0 Å². The molecule has 0 saturated carbocycles. The van der Waals surface area contributed by atoms with E-state index in [0.29, 0.717) is 6.42 Å². The molecule has 0 aliphatic carbocycles. The van der Waals surface area contributed by atoms with Crippen LogP contribution in [0.4, 0.5) is 0 Å². The van der Waals surface area contributed by atoms with E-state index < -0.39 is 5.97 Å². The maximum Gasteiger partial charge on any atom is 0.0784 e. The minimum absolute atomic E-state index is 0.181. The molecule has 32 heavy (non-hydrogen) atoms. The van der Waals surface area contributed by atoms with Gasteiger partial charge in [0, 0.05) is 5.97 Å². The zero-order chi connectivity index (χ0) is 24.3. The summed E-state index contributed by atoms with van der Waals surface area (Å²) in [6.45, 7) is 13.0. The van der Waals surface area contributed by atoms with Crippen molar-refractivity contribution in [1.29, 1.82) is 0 Å². The summed E-state index contributed by atoms with van der Waals surface area (Å²) in [7, 11) is 2.56. The predicted octanol–water partition coefficient (Wildman–Crippen LogP) is 8.05. The van der Waals surface area contributed by atoms with Crippen LogP contribution in [0, 0.1) is 0 Å². The Kier molecular flexibility index (Phi) is 28.0. The number of carbonyl (C=O) groups is 1. The highest BCUT2D eigenvalue weighted by atomic mass is 16.4. The van der Waals surface area contributed by atoms with Crippen molar-refractivity contribution in [2.45, 2.75) is 156 Å². The van der Waals surface area contributed by atoms with Crippen LogP contribution in [0.2, 0.25) is 0 Å². The first-order valence-corrected chi connectivity index (χ1v) is 14.5. The Morgan fingerprint density at radius 1 is 0.500 bits per heavy atom. The van der Waals surface area contributed by atoms with Gasteiger partial charge in [0.15, 0.2) is 0 Å². The highest BCUT2D eigenvalue weighted by molar-refractivity contribution is 5.63. The van der Waals surface area contributed by atoms with E-state index in [1.807, 2.05) is 0 Å². The molecular formula is C29H61NO2. The molecule has 194 valence electrons. The number of hydrogen-bond donors (Lipinski definition) is 0. The summed E-state index contributed by atoms with van der Waals surface area (Å²) in [6, 6.07) is 0. The number of aliphatic carboxylic acids is 1. The van der Waals surface area contributed by atoms with Gasteiger partial charge in [-0.1, -0.05) is 111 Å². The lowest BCUT2D eigenvalue weighted by Crippen LogP contribution is -2.46. The molecule has 0 atom stereocenters. The van der Waals surface area contributed by atoms with Crippen molar-refractivity contribution in [3.05, 3.63) is 0 Å². The van der Waals surface area contributed by atoms with Gasteiger partial charge < -0.3 is 14.4 Å². The number of carboxylic acid groups (broad SMARTS) is 1. The summed E-state index contributed by atoms with van der Waals surface area (Å²) in [5, 5.41) is 9.49. The molecule has 0 radical (unpaired) electrons. The fourth-order valence-corrected chi connectivity index (χ4v) is 4.36. The van der Waals surface area contributed by atoms with E-state index in [-0.39, 0.29) is 6.42 Å². The van der Waals surface area contributed by atoms with Crippen molar-refractivity contribution >= 4 is 5.97 Å². The molecule has 0 aliphatic heterocycles. The van der Waals surface area contributed by atoms with Gasteiger partial charge in [-0.2, -0.15) is 0 Å². The molecule has 3 nitrogen and oxygen atoms in total. The largest absolute Gasteiger partial charge is 0.550 e. The molecular weight excluding hydrogens is 394 g/mol. The van der Waals surface area contributed by atoms with Crippen LogP contribution >= 0.6 is 0 Å². The molecule has 0 N–H and O–H groups in total. The maximum absolute atomic E-state index is 9.49. The summed E-state index contributed by atoms with van der Waals surface area (Å²) < 4.78 is 1.36. The number of carbonyl (C=O) groups excluding carboxylic acids is 1. The van der Waals surface area contributed by atoms with E-state index in [1.54, 1.807) is 6.92 Å². The average Bonchev–Trinajstić information content (AvgIpc) is 2.76. The van der Waals surface area contributed by atoms with Gasteiger partial charge in [0.2, 0.25) is 0 Å². The van der Waals surface area contributed by atoms with Crippen LogP contribution in [0.3, 0.4) is 0 Å². The lowest BCUT2D eigenvalue weighted by atomic mass is 10.1. The molecule has 0 rings (SSSR count). The van der Waals surface area contributed by atoms with E-state index in [4.69, 9.17) is 0 Å². The van der Waals surface area contributed by atoms with E-state index in [0.717, 1.165) is 0 Å². The number of hydrogen-bond acceptors (Lipinski definition) is 2. The zero-order valence-electron chi connectivity index (χ0n) is 23.0. The fourth-order valence-electron chi connectivity index (χ4n) is 4.36. The molecule has 0 aromatic heterocycles. The fraction of sp³-hybridized carbons (Fsp3) is 0.966. The van der Waals surface area contributed by atoms with Gasteiger partial charge in [-0.3, -0.25) is 0 Å². The topological polar surface area (TPSA) is 40.1 Å². The molecule has 0 saturated heterocycles. The van der Waals surface area contributed by atoms with Crippen LogP contribution in [0.15, 0.2) is 0 Å². The molecule has 0 aliphatic rings. The first-order chi connectivity index (χ1) is 15.5. The van der Waals surface area contributed by atoms with Crippen LogP contribution in [0.1, 0.15) is 156 Å². The molecule has 0 aromatic carbocycles. The molecule has 0 bridgehead atoms. The first kappa shape index (κ1) is 33.6. The van der Waals surface area contributed by atoms with Gasteiger partial charge in [-0.05, 0) is 44.9 Å². The maximum atomic E-state index is 9.49. The Bertz CT molecular complexity index is 329. The second-order valence-corrected chi connectivity index (χ2v) is 10.2. The Hall–Kier alpha value is -0.570. The molecule has 0 heterocycles. The zero-order valence-corrected chi connectivity index (χ0v) is 23.0. The molecule has 0 spiro atoms. The first-order valence-electron chi connectivity index (χ1n) is 14.5. The Morgan fingerprint density at radius 3 is 1.00 bits per heavy atom. The summed E-state index contributed by atoms with van der Waals surface area (Å²) in [4.78, 5) is 9.49. The lowest BCUT2D eigenvalue weighted by Gasteiger charge is -2.35. The summed E-state index contributed by atoms with van der Waals surface area (Å²) in [5.41, 5.74) is 0. The van der Waals surface area contributed by atoms with Gasteiger partial charge >= 0.3 is 0 Å². The molecule has 0 amide bonds. The smallest absolute Gasteiger partial charge is 0.0784 e. The third-order valence-corrected chi connectivity index (χ3v) is 6.61. The van der Waals surface area contributed by atoms with Gasteiger partial charge in [0.25, 0.3) is 0 Å². The van der Waals surface area contributed by atoms with Gasteiger partial charge in [0.05, 0.1) is 26.7 Å². The van der Waals surface area contributed by atoms with E-state index in [2.05, 4.69) is 27.8 Å². The van der Waals surface area contributed by atoms with Crippen LogP contribution in [0.25, 0.3) is 0 Å². The van der Waals surface area contributed by atoms with Crippen LogP contribution in [-0.2, 0) is 4.79 Å². The van der Waals surface area contributed by atoms with Crippen LogP contribution in [0.5, 0.6) is 0 Å². The number of quaternary nitrogens is 1. The average molecular weight is 456 g/mol. The lowest BCUT2D eigenvalue weighted by molar-refractivity contribution is -0.910. The number of unbranched alkanes of at least 4 members (excludes halogenated alkanes) is 15. The third-order valence-electron chi connectivity index (χ3n) is 6.61. The summed E-state index contributed by atoms with van der Waals surface area (Å²) in [6.07, 6.45) is 26.7. The molecule has 0 aromatic rings. The minimum atomic E-state index is -0.961. The normalized spacial score (nSPS) is 11.3. The van der Waals surface area contributed by atoms with E-state index in [1.165, 1.54) is 140 Å². The molecule has 0 unspecified atom stereocenters. The monoisotopic (exact) mass is 455 g/mol. The van der Waals surface area contributed by atoms with Crippen molar-refractivity contribution in [2.75, 3.05) is 26.7 Å². The van der Waals surface area contributed by atoms with Gasteiger partial charge in [-0.15, -0.1) is 0 Å². The Morgan fingerprint density at radius 2 is 0.781 bits per heavy atom. The minimum Gasteiger partial charge on any atom is -0.550 e. The van der Waals surface area contributed by atoms with E-state index >= 15 is 0 Å².